The average molecular weight is 288 g/mol. The molecule has 0 spiro atoms. The van der Waals surface area contributed by atoms with Crippen molar-refractivity contribution in [3.8, 4) is 0 Å². The zero-order chi connectivity index (χ0) is 15.1. The number of methoxy groups -OCH3 is 1. The number of carbonyl (C=O) groups is 3. The van der Waals surface area contributed by atoms with Gasteiger partial charge in [-0.2, -0.15) is 0 Å². The molecule has 0 aliphatic carbocycles. The lowest BCUT2D eigenvalue weighted by Gasteiger charge is -2.33. The third-order valence-corrected chi connectivity index (χ3v) is 3.05. The van der Waals surface area contributed by atoms with E-state index in [0.29, 0.717) is 19.6 Å². The molecule has 0 saturated carbocycles. The van der Waals surface area contributed by atoms with E-state index < -0.39 is 30.1 Å². The number of esters is 1. The highest BCUT2D eigenvalue weighted by atomic mass is 16.5. The van der Waals surface area contributed by atoms with E-state index in [0.717, 1.165) is 0 Å². The van der Waals surface area contributed by atoms with Gasteiger partial charge in [-0.3, -0.25) is 4.79 Å². The molecule has 20 heavy (non-hydrogen) atoms. The maximum atomic E-state index is 12.0. The lowest BCUT2D eigenvalue weighted by atomic mass is 10.2. The molecule has 0 aromatic rings. The van der Waals surface area contributed by atoms with Crippen molar-refractivity contribution in [1.29, 1.82) is 0 Å². The van der Waals surface area contributed by atoms with Gasteiger partial charge in [0.15, 0.2) is 0 Å². The molecule has 1 fully saturated rings. The summed E-state index contributed by atoms with van der Waals surface area (Å²) >= 11 is 0. The standard InChI is InChI=1S/C12H20N2O6/c1-3-9(11(16)17)13-12(18)14-4-5-20-8(7-14)6-10(15)19-2/h8-9H,3-7H2,1-2H3,(H,13,18)(H,16,17)/t8?,9-/m0/s1. The van der Waals surface area contributed by atoms with Gasteiger partial charge in [0.05, 0.1) is 26.2 Å². The number of rotatable bonds is 5. The Morgan fingerprint density at radius 2 is 2.20 bits per heavy atom. The number of amides is 2. The molecular formula is C12H20N2O6. The number of aliphatic carboxylic acids is 1. The highest BCUT2D eigenvalue weighted by Gasteiger charge is 2.28. The van der Waals surface area contributed by atoms with E-state index in [1.165, 1.54) is 12.0 Å². The minimum Gasteiger partial charge on any atom is -0.480 e. The number of carbonyl (C=O) groups excluding carboxylic acids is 2. The van der Waals surface area contributed by atoms with E-state index in [1.54, 1.807) is 6.92 Å². The van der Waals surface area contributed by atoms with Gasteiger partial charge >= 0.3 is 18.0 Å². The molecular weight excluding hydrogens is 268 g/mol. The Balaban J connectivity index is 2.51. The molecule has 1 aliphatic rings. The van der Waals surface area contributed by atoms with Gasteiger partial charge in [-0.15, -0.1) is 0 Å². The number of urea groups is 1. The van der Waals surface area contributed by atoms with Crippen LogP contribution in [0.15, 0.2) is 0 Å². The van der Waals surface area contributed by atoms with Crippen LogP contribution < -0.4 is 5.32 Å². The first-order valence-corrected chi connectivity index (χ1v) is 6.44. The van der Waals surface area contributed by atoms with E-state index in [-0.39, 0.29) is 13.0 Å². The van der Waals surface area contributed by atoms with E-state index >= 15 is 0 Å². The zero-order valence-corrected chi connectivity index (χ0v) is 11.6. The Bertz CT molecular complexity index is 373. The van der Waals surface area contributed by atoms with Gasteiger partial charge < -0.3 is 24.8 Å². The normalized spacial score (nSPS) is 20.1. The minimum atomic E-state index is -1.07. The fourth-order valence-corrected chi connectivity index (χ4v) is 1.88. The summed E-state index contributed by atoms with van der Waals surface area (Å²) in [4.78, 5) is 35.4. The lowest BCUT2D eigenvalue weighted by molar-refractivity contribution is -0.145. The third kappa shape index (κ3) is 4.69. The Kier molecular flexibility index (Phi) is 6.23. The number of nitrogens with zero attached hydrogens (tertiary/aromatic N) is 1. The van der Waals surface area contributed by atoms with Crippen molar-refractivity contribution in [2.45, 2.75) is 31.9 Å². The second kappa shape index (κ2) is 7.68. The number of hydrogen-bond acceptors (Lipinski definition) is 5. The molecule has 0 bridgehead atoms. The molecule has 1 unspecified atom stereocenters. The zero-order valence-electron chi connectivity index (χ0n) is 11.6. The molecule has 114 valence electrons. The van der Waals surface area contributed by atoms with Crippen molar-refractivity contribution >= 4 is 18.0 Å². The number of morpholine rings is 1. The Hall–Kier alpha value is -1.83. The SMILES string of the molecule is CC[C@H](NC(=O)N1CCOC(CC(=O)OC)C1)C(=O)O. The smallest absolute Gasteiger partial charge is 0.326 e. The van der Waals surface area contributed by atoms with Gasteiger partial charge in [0.2, 0.25) is 0 Å². The van der Waals surface area contributed by atoms with Gasteiger partial charge in [-0.1, -0.05) is 6.92 Å². The third-order valence-electron chi connectivity index (χ3n) is 3.05. The van der Waals surface area contributed by atoms with Crippen LogP contribution in [0.2, 0.25) is 0 Å². The second-order valence-electron chi connectivity index (χ2n) is 4.47. The van der Waals surface area contributed by atoms with E-state index in [1.807, 2.05) is 0 Å². The number of carboxylic acids is 1. The summed E-state index contributed by atoms with van der Waals surface area (Å²) in [5, 5.41) is 11.3. The fourth-order valence-electron chi connectivity index (χ4n) is 1.88. The van der Waals surface area contributed by atoms with Crippen LogP contribution in [0.4, 0.5) is 4.79 Å². The largest absolute Gasteiger partial charge is 0.480 e. The first-order valence-electron chi connectivity index (χ1n) is 6.44. The molecule has 1 saturated heterocycles. The molecule has 8 nitrogen and oxygen atoms in total. The van der Waals surface area contributed by atoms with Crippen LogP contribution in [-0.4, -0.2) is 66.9 Å². The van der Waals surface area contributed by atoms with Crippen LogP contribution in [0.1, 0.15) is 19.8 Å². The molecule has 0 aromatic carbocycles. The molecule has 0 radical (unpaired) electrons. The summed E-state index contributed by atoms with van der Waals surface area (Å²) < 4.78 is 9.92. The topological polar surface area (TPSA) is 105 Å². The lowest BCUT2D eigenvalue weighted by Crippen LogP contribution is -2.53. The van der Waals surface area contributed by atoms with Crippen molar-refractivity contribution in [2.24, 2.45) is 0 Å². The Morgan fingerprint density at radius 3 is 2.75 bits per heavy atom. The minimum absolute atomic E-state index is 0.0659. The van der Waals surface area contributed by atoms with Crippen LogP contribution in [0.5, 0.6) is 0 Å². The predicted molar refractivity (Wildman–Crippen MR) is 68.2 cm³/mol. The van der Waals surface area contributed by atoms with Crippen molar-refractivity contribution in [2.75, 3.05) is 26.8 Å². The Labute approximate surface area is 117 Å². The van der Waals surface area contributed by atoms with Gasteiger partial charge in [0, 0.05) is 13.1 Å². The van der Waals surface area contributed by atoms with Gasteiger partial charge in [-0.25, -0.2) is 9.59 Å². The summed E-state index contributed by atoms with van der Waals surface area (Å²) in [5.74, 6) is -1.48. The summed E-state index contributed by atoms with van der Waals surface area (Å²) in [7, 11) is 1.29. The molecule has 1 aliphatic heterocycles. The van der Waals surface area contributed by atoms with E-state index in [2.05, 4.69) is 10.1 Å². The second-order valence-corrected chi connectivity index (χ2v) is 4.47. The van der Waals surface area contributed by atoms with Crippen LogP contribution in [0.3, 0.4) is 0 Å². The summed E-state index contributed by atoms with van der Waals surface area (Å²) in [6.07, 6.45) is -0.0557. The average Bonchev–Trinajstić information content (AvgIpc) is 2.44. The highest BCUT2D eigenvalue weighted by molar-refractivity contribution is 5.82. The fraction of sp³-hybridized carbons (Fsp3) is 0.750. The van der Waals surface area contributed by atoms with E-state index in [4.69, 9.17) is 9.84 Å². The van der Waals surface area contributed by atoms with Crippen LogP contribution in [0.25, 0.3) is 0 Å². The summed E-state index contributed by atoms with van der Waals surface area (Å²) in [6.45, 7) is 2.58. The molecule has 2 amide bonds. The first kappa shape index (κ1) is 16.2. The van der Waals surface area contributed by atoms with E-state index in [9.17, 15) is 14.4 Å². The number of ether oxygens (including phenoxy) is 2. The van der Waals surface area contributed by atoms with Crippen molar-refractivity contribution in [1.82, 2.24) is 10.2 Å². The first-order chi connectivity index (χ1) is 9.47. The quantitative estimate of drug-likeness (QED) is 0.680. The molecule has 2 atom stereocenters. The monoisotopic (exact) mass is 288 g/mol. The maximum absolute atomic E-state index is 12.0. The predicted octanol–water partition coefficient (Wildman–Crippen LogP) is -0.177. The highest BCUT2D eigenvalue weighted by Crippen LogP contribution is 2.10. The van der Waals surface area contributed by atoms with Crippen molar-refractivity contribution < 1.29 is 29.0 Å². The Morgan fingerprint density at radius 1 is 1.50 bits per heavy atom. The van der Waals surface area contributed by atoms with Crippen LogP contribution in [-0.2, 0) is 19.1 Å². The van der Waals surface area contributed by atoms with Gasteiger partial charge in [0.25, 0.3) is 0 Å². The number of nitrogens with one attached hydrogen (secondary N) is 1. The molecule has 2 N–H and O–H groups in total. The van der Waals surface area contributed by atoms with Gasteiger partial charge in [0.1, 0.15) is 6.04 Å². The number of hydrogen-bond donors (Lipinski definition) is 2. The number of carboxylic acid groups (broad SMARTS) is 1. The summed E-state index contributed by atoms with van der Waals surface area (Å²) in [5.41, 5.74) is 0. The molecule has 8 heteroatoms. The van der Waals surface area contributed by atoms with Crippen LogP contribution in [0, 0.1) is 0 Å². The maximum Gasteiger partial charge on any atom is 0.326 e. The molecule has 0 aromatic heterocycles. The van der Waals surface area contributed by atoms with Gasteiger partial charge in [-0.05, 0) is 6.42 Å². The summed E-state index contributed by atoms with van der Waals surface area (Å²) in [6, 6.07) is -1.37. The van der Waals surface area contributed by atoms with Crippen molar-refractivity contribution in [3.63, 3.8) is 0 Å². The molecule has 1 heterocycles. The van der Waals surface area contributed by atoms with Crippen LogP contribution >= 0.6 is 0 Å². The van der Waals surface area contributed by atoms with Crippen molar-refractivity contribution in [3.05, 3.63) is 0 Å². The molecule has 1 rings (SSSR count).